The molecule has 0 aliphatic carbocycles. The van der Waals surface area contributed by atoms with Gasteiger partial charge in [0.15, 0.2) is 5.96 Å². The van der Waals surface area contributed by atoms with Crippen molar-refractivity contribution in [2.75, 3.05) is 26.2 Å². The van der Waals surface area contributed by atoms with E-state index >= 15 is 0 Å². The highest BCUT2D eigenvalue weighted by molar-refractivity contribution is 14.0. The Hall–Kier alpha value is -0.470. The number of benzene rings is 1. The van der Waals surface area contributed by atoms with Crippen LogP contribution in [-0.2, 0) is 0 Å². The molecule has 0 amide bonds. The van der Waals surface area contributed by atoms with Crippen molar-refractivity contribution in [1.29, 1.82) is 0 Å². The normalized spacial score (nSPS) is 19.7. The third-order valence-corrected chi connectivity index (χ3v) is 4.47. The molecule has 22 heavy (non-hydrogen) atoms. The number of β-amino-alcohol motifs (C(OH)–C–C–N with tert-alkyl or cyclic N) is 1. The van der Waals surface area contributed by atoms with Crippen molar-refractivity contribution < 1.29 is 5.11 Å². The zero-order chi connectivity index (χ0) is 15.1. The first-order valence-corrected chi connectivity index (χ1v) is 8.50. The first-order chi connectivity index (χ1) is 10.2. The molecule has 1 aromatic rings. The molecule has 1 heterocycles. The summed E-state index contributed by atoms with van der Waals surface area (Å²) in [5.74, 6) is 0.926. The first kappa shape index (κ1) is 19.6. The molecule has 1 aromatic carbocycles. The zero-order valence-electron chi connectivity index (χ0n) is 13.2. The van der Waals surface area contributed by atoms with Crippen LogP contribution in [0.25, 0.3) is 0 Å². The number of halogens is 1. The molecule has 0 spiro atoms. The van der Waals surface area contributed by atoms with E-state index in [0.29, 0.717) is 11.8 Å². The number of hydrogen-bond donors (Lipinski definition) is 2. The highest BCUT2D eigenvalue weighted by atomic mass is 127. The van der Waals surface area contributed by atoms with Crippen molar-refractivity contribution in [1.82, 2.24) is 10.2 Å². The fourth-order valence-electron chi connectivity index (χ4n) is 2.34. The minimum Gasteiger partial charge on any atom is -0.391 e. The Morgan fingerprint density at radius 2 is 2.18 bits per heavy atom. The molecule has 1 aliphatic heterocycles. The molecule has 0 bridgehead atoms. The SMILES string of the molecule is CCNC(=NCC(C)Sc1ccccc1)N1CC[C@@H](O)C1.I. The average molecular weight is 435 g/mol. The lowest BCUT2D eigenvalue weighted by molar-refractivity contribution is 0.188. The molecular formula is C16H26IN3OS. The maximum Gasteiger partial charge on any atom is 0.194 e. The molecule has 124 valence electrons. The molecule has 1 fully saturated rings. The van der Waals surface area contributed by atoms with Gasteiger partial charge in [0.05, 0.1) is 12.6 Å². The van der Waals surface area contributed by atoms with E-state index in [1.165, 1.54) is 4.90 Å². The number of nitrogens with one attached hydrogen (secondary N) is 1. The molecule has 1 aliphatic rings. The second kappa shape index (κ2) is 10.3. The van der Waals surface area contributed by atoms with Gasteiger partial charge in [0.2, 0.25) is 0 Å². The smallest absolute Gasteiger partial charge is 0.194 e. The number of aliphatic hydroxyl groups excluding tert-OH is 1. The number of hydrogen-bond acceptors (Lipinski definition) is 3. The van der Waals surface area contributed by atoms with Crippen LogP contribution in [0, 0.1) is 0 Å². The van der Waals surface area contributed by atoms with Gasteiger partial charge in [-0.15, -0.1) is 35.7 Å². The molecular weight excluding hydrogens is 409 g/mol. The lowest BCUT2D eigenvalue weighted by atomic mass is 10.3. The van der Waals surface area contributed by atoms with Gasteiger partial charge < -0.3 is 15.3 Å². The Morgan fingerprint density at radius 1 is 1.45 bits per heavy atom. The Morgan fingerprint density at radius 3 is 2.77 bits per heavy atom. The van der Waals surface area contributed by atoms with Crippen LogP contribution in [0.15, 0.2) is 40.2 Å². The van der Waals surface area contributed by atoms with Crippen LogP contribution in [0.2, 0.25) is 0 Å². The Bertz CT molecular complexity index is 458. The Kier molecular flexibility index (Phi) is 9.19. The Labute approximate surface area is 154 Å². The molecule has 2 N–H and O–H groups in total. The van der Waals surface area contributed by atoms with Gasteiger partial charge in [-0.1, -0.05) is 25.1 Å². The van der Waals surface area contributed by atoms with Crippen LogP contribution in [-0.4, -0.2) is 53.5 Å². The van der Waals surface area contributed by atoms with Crippen molar-refractivity contribution in [2.45, 2.75) is 36.5 Å². The summed E-state index contributed by atoms with van der Waals surface area (Å²) in [5, 5.41) is 13.4. The van der Waals surface area contributed by atoms with Gasteiger partial charge in [0, 0.05) is 29.8 Å². The van der Waals surface area contributed by atoms with Crippen molar-refractivity contribution >= 4 is 41.7 Å². The number of thioether (sulfide) groups is 1. The van der Waals surface area contributed by atoms with E-state index in [4.69, 9.17) is 4.99 Å². The fourth-order valence-corrected chi connectivity index (χ4v) is 3.27. The van der Waals surface area contributed by atoms with Gasteiger partial charge in [-0.2, -0.15) is 0 Å². The summed E-state index contributed by atoms with van der Waals surface area (Å²) in [6.45, 7) is 7.47. The summed E-state index contributed by atoms with van der Waals surface area (Å²) in [5.41, 5.74) is 0. The number of aliphatic hydroxyl groups is 1. The summed E-state index contributed by atoms with van der Waals surface area (Å²) in [6, 6.07) is 10.4. The molecule has 4 nitrogen and oxygen atoms in total. The number of likely N-dealkylation sites (tertiary alicyclic amines) is 1. The molecule has 1 unspecified atom stereocenters. The predicted molar refractivity (Wildman–Crippen MR) is 105 cm³/mol. The van der Waals surface area contributed by atoms with E-state index in [2.05, 4.69) is 48.3 Å². The largest absolute Gasteiger partial charge is 0.391 e. The quantitative estimate of drug-likeness (QED) is 0.323. The highest BCUT2D eigenvalue weighted by Gasteiger charge is 2.22. The number of nitrogens with zero attached hydrogens (tertiary/aromatic N) is 2. The molecule has 2 rings (SSSR count). The second-order valence-electron chi connectivity index (χ2n) is 5.32. The van der Waals surface area contributed by atoms with Gasteiger partial charge in [-0.05, 0) is 25.5 Å². The standard InChI is InChI=1S/C16H25N3OS.HI/c1-3-17-16(19-10-9-14(20)12-19)18-11-13(2)21-15-7-5-4-6-8-15;/h4-8,13-14,20H,3,9-12H2,1-2H3,(H,17,18);1H/t13?,14-;/m1./s1. The summed E-state index contributed by atoms with van der Waals surface area (Å²) >= 11 is 1.84. The van der Waals surface area contributed by atoms with Crippen LogP contribution in [0.4, 0.5) is 0 Å². The average Bonchev–Trinajstić information content (AvgIpc) is 2.91. The molecule has 0 saturated carbocycles. The summed E-state index contributed by atoms with van der Waals surface area (Å²) < 4.78 is 0. The molecule has 6 heteroatoms. The van der Waals surface area contributed by atoms with Gasteiger partial charge >= 0.3 is 0 Å². The minimum atomic E-state index is -0.218. The van der Waals surface area contributed by atoms with Crippen molar-refractivity contribution in [3.63, 3.8) is 0 Å². The van der Waals surface area contributed by atoms with E-state index in [0.717, 1.165) is 32.0 Å². The maximum atomic E-state index is 9.66. The lowest BCUT2D eigenvalue weighted by Gasteiger charge is -2.21. The fraction of sp³-hybridized carbons (Fsp3) is 0.562. The number of rotatable bonds is 5. The summed E-state index contributed by atoms with van der Waals surface area (Å²) in [4.78, 5) is 8.15. The summed E-state index contributed by atoms with van der Waals surface area (Å²) in [7, 11) is 0. The maximum absolute atomic E-state index is 9.66. The zero-order valence-corrected chi connectivity index (χ0v) is 16.4. The van der Waals surface area contributed by atoms with Crippen LogP contribution in [0.3, 0.4) is 0 Å². The molecule has 0 aromatic heterocycles. The Balaban J connectivity index is 0.00000242. The van der Waals surface area contributed by atoms with Gasteiger partial charge in [-0.3, -0.25) is 4.99 Å². The second-order valence-corrected chi connectivity index (χ2v) is 6.84. The number of guanidine groups is 1. The van der Waals surface area contributed by atoms with E-state index < -0.39 is 0 Å². The molecule has 2 atom stereocenters. The summed E-state index contributed by atoms with van der Waals surface area (Å²) in [6.07, 6.45) is 0.614. The molecule has 0 radical (unpaired) electrons. The first-order valence-electron chi connectivity index (χ1n) is 7.62. The van der Waals surface area contributed by atoms with E-state index in [1.54, 1.807) is 0 Å². The van der Waals surface area contributed by atoms with Gasteiger partial charge in [-0.25, -0.2) is 0 Å². The van der Waals surface area contributed by atoms with E-state index in [9.17, 15) is 5.11 Å². The van der Waals surface area contributed by atoms with Crippen LogP contribution in [0.5, 0.6) is 0 Å². The molecule has 1 saturated heterocycles. The van der Waals surface area contributed by atoms with Gasteiger partial charge in [0.1, 0.15) is 0 Å². The monoisotopic (exact) mass is 435 g/mol. The van der Waals surface area contributed by atoms with Crippen LogP contribution in [0.1, 0.15) is 20.3 Å². The van der Waals surface area contributed by atoms with Gasteiger partial charge in [0.25, 0.3) is 0 Å². The van der Waals surface area contributed by atoms with Crippen molar-refractivity contribution in [2.24, 2.45) is 4.99 Å². The number of aliphatic imine (C=N–C) groups is 1. The topological polar surface area (TPSA) is 47.9 Å². The van der Waals surface area contributed by atoms with Crippen molar-refractivity contribution in [3.05, 3.63) is 30.3 Å². The third-order valence-electron chi connectivity index (χ3n) is 3.38. The third kappa shape index (κ3) is 6.34. The van der Waals surface area contributed by atoms with Crippen LogP contribution < -0.4 is 5.32 Å². The van der Waals surface area contributed by atoms with Crippen LogP contribution >= 0.6 is 35.7 Å². The van der Waals surface area contributed by atoms with E-state index in [-0.39, 0.29) is 30.1 Å². The minimum absolute atomic E-state index is 0. The van der Waals surface area contributed by atoms with E-state index in [1.807, 2.05) is 17.8 Å². The highest BCUT2D eigenvalue weighted by Crippen LogP contribution is 2.22. The lowest BCUT2D eigenvalue weighted by Crippen LogP contribution is -2.40. The van der Waals surface area contributed by atoms with Crippen molar-refractivity contribution in [3.8, 4) is 0 Å². The predicted octanol–water partition coefficient (Wildman–Crippen LogP) is 2.82.